The van der Waals surface area contributed by atoms with Gasteiger partial charge in [0.05, 0.1) is 7.11 Å². The number of methoxy groups -OCH3 is 1. The van der Waals surface area contributed by atoms with Crippen molar-refractivity contribution in [3.63, 3.8) is 0 Å². The SMILES string of the molecule is COc1ccc2c(ccn2CC(=O)NCc2cc(Br)ccc2OC(F)F)c1. The van der Waals surface area contributed by atoms with Crippen LogP contribution in [-0.4, -0.2) is 24.2 Å². The van der Waals surface area contributed by atoms with Crippen LogP contribution in [-0.2, 0) is 17.9 Å². The summed E-state index contributed by atoms with van der Waals surface area (Å²) in [5.41, 5.74) is 1.36. The summed E-state index contributed by atoms with van der Waals surface area (Å²) in [5, 5.41) is 3.70. The summed E-state index contributed by atoms with van der Waals surface area (Å²) in [6.45, 7) is -2.74. The third-order valence-electron chi connectivity index (χ3n) is 4.01. The fraction of sp³-hybridized carbons (Fsp3) is 0.211. The molecule has 0 aliphatic carbocycles. The molecule has 1 heterocycles. The van der Waals surface area contributed by atoms with Gasteiger partial charge in [0.15, 0.2) is 0 Å². The van der Waals surface area contributed by atoms with Crippen LogP contribution in [0.25, 0.3) is 10.9 Å². The smallest absolute Gasteiger partial charge is 0.387 e. The van der Waals surface area contributed by atoms with E-state index >= 15 is 0 Å². The second-order valence-corrected chi connectivity index (χ2v) is 6.69. The largest absolute Gasteiger partial charge is 0.497 e. The zero-order chi connectivity index (χ0) is 19.4. The summed E-state index contributed by atoms with van der Waals surface area (Å²) in [6.07, 6.45) is 1.81. The number of ether oxygens (including phenoxy) is 2. The van der Waals surface area contributed by atoms with E-state index in [9.17, 15) is 13.6 Å². The number of aromatic nitrogens is 1. The lowest BCUT2D eigenvalue weighted by Crippen LogP contribution is -2.27. The molecule has 0 unspecified atom stereocenters. The van der Waals surface area contributed by atoms with Crippen molar-refractivity contribution in [1.82, 2.24) is 9.88 Å². The summed E-state index contributed by atoms with van der Waals surface area (Å²) in [6, 6.07) is 12.2. The average Bonchev–Trinajstić information content (AvgIpc) is 3.03. The van der Waals surface area contributed by atoms with Gasteiger partial charge in [-0.25, -0.2) is 0 Å². The third kappa shape index (κ3) is 4.77. The van der Waals surface area contributed by atoms with Crippen LogP contribution < -0.4 is 14.8 Å². The first-order chi connectivity index (χ1) is 13.0. The Bertz CT molecular complexity index is 959. The molecule has 0 saturated carbocycles. The number of hydrogen-bond acceptors (Lipinski definition) is 3. The van der Waals surface area contributed by atoms with Crippen LogP contribution >= 0.6 is 15.9 Å². The summed E-state index contributed by atoms with van der Waals surface area (Å²) in [7, 11) is 1.60. The number of hydrogen-bond donors (Lipinski definition) is 1. The van der Waals surface area contributed by atoms with Crippen molar-refractivity contribution in [2.75, 3.05) is 7.11 Å². The van der Waals surface area contributed by atoms with Gasteiger partial charge in [-0.1, -0.05) is 15.9 Å². The second-order valence-electron chi connectivity index (χ2n) is 5.78. The van der Waals surface area contributed by atoms with E-state index in [2.05, 4.69) is 26.0 Å². The first-order valence-corrected chi connectivity index (χ1v) is 8.88. The van der Waals surface area contributed by atoms with Gasteiger partial charge in [-0.15, -0.1) is 0 Å². The highest BCUT2D eigenvalue weighted by molar-refractivity contribution is 9.10. The number of carbonyl (C=O) groups excluding carboxylic acids is 1. The molecule has 1 N–H and O–H groups in total. The van der Waals surface area contributed by atoms with Crippen LogP contribution in [0.2, 0.25) is 0 Å². The fourth-order valence-corrected chi connectivity index (χ4v) is 3.15. The standard InChI is InChI=1S/C19H17BrF2N2O3/c1-26-15-3-4-16-12(9-15)6-7-24(16)11-18(25)23-10-13-8-14(20)2-5-17(13)27-19(21)22/h2-9,19H,10-11H2,1H3,(H,23,25). The lowest BCUT2D eigenvalue weighted by atomic mass is 10.2. The molecule has 0 atom stereocenters. The van der Waals surface area contributed by atoms with Gasteiger partial charge in [-0.05, 0) is 42.5 Å². The molecule has 3 aromatic rings. The van der Waals surface area contributed by atoms with Crippen LogP contribution in [0.15, 0.2) is 53.1 Å². The molecule has 0 fully saturated rings. The van der Waals surface area contributed by atoms with Gasteiger partial charge < -0.3 is 19.4 Å². The molecule has 5 nitrogen and oxygen atoms in total. The highest BCUT2D eigenvalue weighted by Gasteiger charge is 2.12. The molecule has 0 spiro atoms. The number of benzene rings is 2. The van der Waals surface area contributed by atoms with Crippen LogP contribution in [0, 0.1) is 0 Å². The summed E-state index contributed by atoms with van der Waals surface area (Å²) in [5.74, 6) is 0.532. The maximum absolute atomic E-state index is 12.5. The Balaban J connectivity index is 1.68. The molecule has 0 aliphatic rings. The maximum Gasteiger partial charge on any atom is 0.387 e. The number of alkyl halides is 2. The summed E-state index contributed by atoms with van der Waals surface area (Å²) >= 11 is 3.29. The van der Waals surface area contributed by atoms with Crippen LogP contribution in [0.5, 0.6) is 11.5 Å². The Morgan fingerprint density at radius 2 is 2.04 bits per heavy atom. The molecule has 0 saturated heterocycles. The Labute approximate surface area is 163 Å². The quantitative estimate of drug-likeness (QED) is 0.597. The van der Waals surface area contributed by atoms with Crippen molar-refractivity contribution in [3.8, 4) is 11.5 Å². The van der Waals surface area contributed by atoms with E-state index in [-0.39, 0.29) is 24.7 Å². The van der Waals surface area contributed by atoms with E-state index in [1.807, 2.05) is 35.0 Å². The van der Waals surface area contributed by atoms with Crippen molar-refractivity contribution >= 4 is 32.7 Å². The topological polar surface area (TPSA) is 52.5 Å². The molecular formula is C19H17BrF2N2O3. The van der Waals surface area contributed by atoms with Crippen LogP contribution in [0.4, 0.5) is 8.78 Å². The Kier molecular flexibility index (Phi) is 5.95. The number of amides is 1. The van der Waals surface area contributed by atoms with Crippen molar-refractivity contribution in [3.05, 3.63) is 58.7 Å². The van der Waals surface area contributed by atoms with Crippen molar-refractivity contribution < 1.29 is 23.0 Å². The molecule has 0 aliphatic heterocycles. The zero-order valence-corrected chi connectivity index (χ0v) is 16.0. The molecule has 3 rings (SSSR count). The van der Waals surface area contributed by atoms with Crippen molar-refractivity contribution in [1.29, 1.82) is 0 Å². The predicted octanol–water partition coefficient (Wildman–Crippen LogP) is 4.33. The molecule has 2 aromatic carbocycles. The number of halogens is 3. The van der Waals surface area contributed by atoms with Gasteiger partial charge in [-0.3, -0.25) is 4.79 Å². The highest BCUT2D eigenvalue weighted by Crippen LogP contribution is 2.25. The highest BCUT2D eigenvalue weighted by atomic mass is 79.9. The van der Waals surface area contributed by atoms with E-state index in [0.717, 1.165) is 16.7 Å². The van der Waals surface area contributed by atoms with Gasteiger partial charge in [0.25, 0.3) is 0 Å². The Hall–Kier alpha value is -2.61. The monoisotopic (exact) mass is 438 g/mol. The first kappa shape index (κ1) is 19.2. The second kappa shape index (κ2) is 8.39. The normalized spacial score (nSPS) is 11.0. The summed E-state index contributed by atoms with van der Waals surface area (Å²) < 4.78 is 37.2. The minimum absolute atomic E-state index is 0.0343. The molecule has 1 aromatic heterocycles. The molecular weight excluding hydrogens is 422 g/mol. The average molecular weight is 439 g/mol. The van der Waals surface area contributed by atoms with E-state index in [0.29, 0.717) is 10.0 Å². The van der Waals surface area contributed by atoms with Gasteiger partial charge in [0.2, 0.25) is 5.91 Å². The molecule has 1 amide bonds. The number of carbonyl (C=O) groups is 1. The third-order valence-corrected chi connectivity index (χ3v) is 4.50. The van der Waals surface area contributed by atoms with E-state index < -0.39 is 6.61 Å². The van der Waals surface area contributed by atoms with Crippen LogP contribution in [0.1, 0.15) is 5.56 Å². The van der Waals surface area contributed by atoms with Crippen molar-refractivity contribution in [2.45, 2.75) is 19.7 Å². The molecule has 0 radical (unpaired) electrons. The number of rotatable bonds is 7. The Morgan fingerprint density at radius 3 is 2.78 bits per heavy atom. The zero-order valence-electron chi connectivity index (χ0n) is 14.4. The minimum atomic E-state index is -2.93. The lowest BCUT2D eigenvalue weighted by Gasteiger charge is -2.12. The molecule has 8 heteroatoms. The Morgan fingerprint density at radius 1 is 1.22 bits per heavy atom. The maximum atomic E-state index is 12.5. The van der Waals surface area contributed by atoms with Gasteiger partial charge in [-0.2, -0.15) is 8.78 Å². The number of nitrogens with zero attached hydrogens (tertiary/aromatic N) is 1. The molecule has 142 valence electrons. The molecule has 0 bridgehead atoms. The predicted molar refractivity (Wildman–Crippen MR) is 101 cm³/mol. The molecule has 27 heavy (non-hydrogen) atoms. The first-order valence-electron chi connectivity index (χ1n) is 8.09. The fourth-order valence-electron chi connectivity index (χ4n) is 2.74. The lowest BCUT2D eigenvalue weighted by molar-refractivity contribution is -0.121. The van der Waals surface area contributed by atoms with Gasteiger partial charge >= 0.3 is 6.61 Å². The van der Waals surface area contributed by atoms with Gasteiger partial charge in [0, 0.05) is 33.7 Å². The van der Waals surface area contributed by atoms with Crippen LogP contribution in [0.3, 0.4) is 0 Å². The minimum Gasteiger partial charge on any atom is -0.497 e. The van der Waals surface area contributed by atoms with E-state index in [4.69, 9.17) is 4.74 Å². The number of nitrogens with one attached hydrogen (secondary N) is 1. The number of fused-ring (bicyclic) bond motifs is 1. The summed E-state index contributed by atoms with van der Waals surface area (Å²) in [4.78, 5) is 12.3. The van der Waals surface area contributed by atoms with E-state index in [1.165, 1.54) is 6.07 Å². The van der Waals surface area contributed by atoms with Crippen molar-refractivity contribution in [2.24, 2.45) is 0 Å². The van der Waals surface area contributed by atoms with Gasteiger partial charge in [0.1, 0.15) is 18.0 Å². The van der Waals surface area contributed by atoms with E-state index in [1.54, 1.807) is 19.2 Å².